The van der Waals surface area contributed by atoms with E-state index in [-0.39, 0.29) is 12.5 Å². The molecule has 1 aliphatic heterocycles. The molecule has 21 heavy (non-hydrogen) atoms. The Hall–Kier alpha value is -2.26. The molecule has 0 bridgehead atoms. The number of likely N-dealkylation sites (N-methyl/N-ethyl adjacent to an activating group) is 1. The minimum Gasteiger partial charge on any atom is -0.497 e. The van der Waals surface area contributed by atoms with E-state index in [4.69, 9.17) is 4.74 Å². The molecule has 6 nitrogen and oxygen atoms in total. The number of hydrogen-bond acceptors (Lipinski definition) is 5. The van der Waals surface area contributed by atoms with Gasteiger partial charge in [0.1, 0.15) is 11.8 Å². The molecule has 1 aromatic carbocycles. The first-order chi connectivity index (χ1) is 10.2. The van der Waals surface area contributed by atoms with Crippen LogP contribution in [0.2, 0.25) is 0 Å². The van der Waals surface area contributed by atoms with Gasteiger partial charge in [0.05, 0.1) is 24.9 Å². The van der Waals surface area contributed by atoms with Gasteiger partial charge in [-0.25, -0.2) is 0 Å². The lowest BCUT2D eigenvalue weighted by atomic mass is 10.1. The Morgan fingerprint density at radius 2 is 2.19 bits per heavy atom. The zero-order valence-electron chi connectivity index (χ0n) is 12.4. The van der Waals surface area contributed by atoms with Crippen LogP contribution in [0.1, 0.15) is 5.56 Å². The monoisotopic (exact) mass is 288 g/mol. The van der Waals surface area contributed by atoms with E-state index in [0.29, 0.717) is 17.0 Å². The summed E-state index contributed by atoms with van der Waals surface area (Å²) in [6.45, 7) is 3.38. The maximum Gasteiger partial charge on any atom is 0.242 e. The number of anilines is 1. The van der Waals surface area contributed by atoms with Crippen LogP contribution in [-0.4, -0.2) is 57.7 Å². The molecule has 1 amide bonds. The Morgan fingerprint density at radius 1 is 1.48 bits per heavy atom. The fraction of sp³-hybridized carbons (Fsp3) is 0.467. The highest BCUT2D eigenvalue weighted by Gasteiger charge is 2.19. The molecule has 0 aliphatic carbocycles. The van der Waals surface area contributed by atoms with Crippen LogP contribution < -0.4 is 15.0 Å². The lowest BCUT2D eigenvalue weighted by Gasteiger charge is -2.30. The molecule has 0 radical (unpaired) electrons. The number of nitrogens with one attached hydrogen (secondary N) is 1. The third-order valence-corrected chi connectivity index (χ3v) is 3.58. The van der Waals surface area contributed by atoms with Gasteiger partial charge < -0.3 is 19.9 Å². The summed E-state index contributed by atoms with van der Waals surface area (Å²) in [5.41, 5.74) is 1.24. The Kier molecular flexibility index (Phi) is 5.01. The SMILES string of the molecule is COc1ccc(C#N)c(N(C)CC(=O)N2CCNCC2)c1. The molecule has 0 spiro atoms. The van der Waals surface area contributed by atoms with Gasteiger partial charge in [-0.05, 0) is 12.1 Å². The summed E-state index contributed by atoms with van der Waals surface area (Å²) < 4.78 is 5.19. The largest absolute Gasteiger partial charge is 0.497 e. The van der Waals surface area contributed by atoms with Gasteiger partial charge in [-0.2, -0.15) is 5.26 Å². The molecular weight excluding hydrogens is 268 g/mol. The van der Waals surface area contributed by atoms with Crippen molar-refractivity contribution in [1.29, 1.82) is 5.26 Å². The summed E-state index contributed by atoms with van der Waals surface area (Å²) in [4.78, 5) is 15.9. The molecule has 112 valence electrons. The van der Waals surface area contributed by atoms with Crippen LogP contribution in [0.5, 0.6) is 5.75 Å². The average Bonchev–Trinajstić information content (AvgIpc) is 2.54. The van der Waals surface area contributed by atoms with Crippen molar-refractivity contribution in [2.75, 3.05) is 51.8 Å². The quantitative estimate of drug-likeness (QED) is 0.870. The van der Waals surface area contributed by atoms with Crippen molar-refractivity contribution in [3.8, 4) is 11.8 Å². The van der Waals surface area contributed by atoms with Crippen molar-refractivity contribution in [2.45, 2.75) is 0 Å². The minimum atomic E-state index is 0.0747. The van der Waals surface area contributed by atoms with E-state index in [9.17, 15) is 10.1 Å². The maximum absolute atomic E-state index is 12.3. The zero-order chi connectivity index (χ0) is 15.2. The normalized spacial score (nSPS) is 14.4. The molecule has 6 heteroatoms. The molecule has 1 saturated heterocycles. The lowest BCUT2D eigenvalue weighted by molar-refractivity contribution is -0.130. The van der Waals surface area contributed by atoms with E-state index in [1.165, 1.54) is 0 Å². The first-order valence-corrected chi connectivity index (χ1v) is 6.93. The molecule has 0 atom stereocenters. The number of ether oxygens (including phenoxy) is 1. The highest BCUT2D eigenvalue weighted by molar-refractivity contribution is 5.82. The minimum absolute atomic E-state index is 0.0747. The fourth-order valence-electron chi connectivity index (χ4n) is 2.35. The van der Waals surface area contributed by atoms with Gasteiger partial charge in [0.15, 0.2) is 0 Å². The van der Waals surface area contributed by atoms with Gasteiger partial charge in [-0.15, -0.1) is 0 Å². The number of carbonyl (C=O) groups excluding carboxylic acids is 1. The van der Waals surface area contributed by atoms with Crippen LogP contribution in [-0.2, 0) is 4.79 Å². The third-order valence-electron chi connectivity index (χ3n) is 3.58. The second-order valence-corrected chi connectivity index (χ2v) is 4.98. The number of carbonyl (C=O) groups is 1. The van der Waals surface area contributed by atoms with E-state index < -0.39 is 0 Å². The van der Waals surface area contributed by atoms with Gasteiger partial charge in [0, 0.05) is 39.3 Å². The number of nitrogens with zero attached hydrogens (tertiary/aromatic N) is 3. The zero-order valence-corrected chi connectivity index (χ0v) is 12.4. The van der Waals surface area contributed by atoms with E-state index in [1.54, 1.807) is 30.2 Å². The number of hydrogen-bond donors (Lipinski definition) is 1. The first kappa shape index (κ1) is 15.1. The average molecular weight is 288 g/mol. The van der Waals surface area contributed by atoms with Crippen molar-refractivity contribution < 1.29 is 9.53 Å². The molecule has 1 aliphatic rings. The number of rotatable bonds is 4. The van der Waals surface area contributed by atoms with Crippen molar-refractivity contribution in [2.24, 2.45) is 0 Å². The van der Waals surface area contributed by atoms with E-state index in [1.807, 2.05) is 11.9 Å². The summed E-state index contributed by atoms with van der Waals surface area (Å²) in [7, 11) is 3.40. The molecule has 0 unspecified atom stereocenters. The van der Waals surface area contributed by atoms with Crippen molar-refractivity contribution >= 4 is 11.6 Å². The Bertz CT molecular complexity index is 547. The number of benzene rings is 1. The number of piperazine rings is 1. The Balaban J connectivity index is 2.10. The lowest BCUT2D eigenvalue weighted by Crippen LogP contribution is -2.49. The first-order valence-electron chi connectivity index (χ1n) is 6.93. The third kappa shape index (κ3) is 3.64. The van der Waals surface area contributed by atoms with E-state index in [2.05, 4.69) is 11.4 Å². The van der Waals surface area contributed by atoms with Crippen LogP contribution in [0.4, 0.5) is 5.69 Å². The molecule has 0 saturated carbocycles. The van der Waals surface area contributed by atoms with Gasteiger partial charge in [-0.1, -0.05) is 0 Å². The van der Waals surface area contributed by atoms with Gasteiger partial charge in [-0.3, -0.25) is 4.79 Å². The standard InChI is InChI=1S/C15H20N4O2/c1-18(11-15(20)19-7-5-17-6-8-19)14-9-13(21-2)4-3-12(14)10-16/h3-4,9,17H,5-8,11H2,1-2H3. The fourth-order valence-corrected chi connectivity index (χ4v) is 2.35. The van der Waals surface area contributed by atoms with Gasteiger partial charge in [0.2, 0.25) is 5.91 Å². The summed E-state index contributed by atoms with van der Waals surface area (Å²) >= 11 is 0. The predicted molar refractivity (Wildman–Crippen MR) is 80.4 cm³/mol. The smallest absolute Gasteiger partial charge is 0.242 e. The van der Waals surface area contributed by atoms with E-state index in [0.717, 1.165) is 26.2 Å². The van der Waals surface area contributed by atoms with Crippen molar-refractivity contribution in [3.05, 3.63) is 23.8 Å². The van der Waals surface area contributed by atoms with Crippen LogP contribution >= 0.6 is 0 Å². The number of amides is 1. The van der Waals surface area contributed by atoms with Crippen LogP contribution in [0.15, 0.2) is 18.2 Å². The predicted octanol–water partition coefficient (Wildman–Crippen LogP) is 0.435. The highest BCUT2D eigenvalue weighted by atomic mass is 16.5. The maximum atomic E-state index is 12.3. The topological polar surface area (TPSA) is 68.6 Å². The van der Waals surface area contributed by atoms with Crippen molar-refractivity contribution in [1.82, 2.24) is 10.2 Å². The van der Waals surface area contributed by atoms with Crippen molar-refractivity contribution in [3.63, 3.8) is 0 Å². The second kappa shape index (κ2) is 6.95. The molecule has 1 N–H and O–H groups in total. The number of nitriles is 1. The molecule has 1 aromatic rings. The summed E-state index contributed by atoms with van der Waals surface area (Å²) in [5, 5.41) is 12.4. The van der Waals surface area contributed by atoms with Crippen LogP contribution in [0.3, 0.4) is 0 Å². The highest BCUT2D eigenvalue weighted by Crippen LogP contribution is 2.24. The van der Waals surface area contributed by atoms with Gasteiger partial charge in [0.25, 0.3) is 0 Å². The Labute approximate surface area is 124 Å². The summed E-state index contributed by atoms with van der Waals surface area (Å²) in [6, 6.07) is 7.38. The molecule has 1 heterocycles. The molecule has 1 fully saturated rings. The van der Waals surface area contributed by atoms with Crippen LogP contribution in [0.25, 0.3) is 0 Å². The van der Waals surface area contributed by atoms with E-state index >= 15 is 0 Å². The van der Waals surface area contributed by atoms with Crippen LogP contribution in [0, 0.1) is 11.3 Å². The van der Waals surface area contributed by atoms with Gasteiger partial charge >= 0.3 is 0 Å². The molecule has 0 aromatic heterocycles. The summed E-state index contributed by atoms with van der Waals surface area (Å²) in [6.07, 6.45) is 0. The Morgan fingerprint density at radius 3 is 2.81 bits per heavy atom. The summed E-state index contributed by atoms with van der Waals surface area (Å²) in [5.74, 6) is 0.746. The molecular formula is C15H20N4O2. The molecule has 2 rings (SSSR count). The second-order valence-electron chi connectivity index (χ2n) is 4.98. The number of methoxy groups -OCH3 is 1.